The highest BCUT2D eigenvalue weighted by atomic mass is 32.2. The van der Waals surface area contributed by atoms with Gasteiger partial charge in [-0.25, -0.2) is 17.8 Å². The van der Waals surface area contributed by atoms with Gasteiger partial charge in [0.1, 0.15) is 11.5 Å². The van der Waals surface area contributed by atoms with Crippen LogP contribution in [0.4, 0.5) is 4.39 Å². The van der Waals surface area contributed by atoms with Gasteiger partial charge >= 0.3 is 0 Å². The number of benzene rings is 2. The lowest BCUT2D eigenvalue weighted by atomic mass is 10.1. The van der Waals surface area contributed by atoms with E-state index < -0.39 is 15.7 Å². The number of rotatable bonds is 8. The molecule has 196 valence electrons. The molecule has 39 heavy (non-hydrogen) atoms. The number of pyridine rings is 1. The van der Waals surface area contributed by atoms with E-state index in [1.165, 1.54) is 42.5 Å². The number of hydrogen-bond donors (Lipinski definition) is 3. The fourth-order valence-electron chi connectivity index (χ4n) is 4.05. The molecule has 5 aromatic rings. The normalized spacial score (nSPS) is 11.2. The molecular formula is C29H24FN5O3S. The molecule has 0 aliphatic rings. The van der Waals surface area contributed by atoms with Gasteiger partial charge in [-0.3, -0.25) is 9.89 Å². The molecule has 0 bridgehead atoms. The molecule has 10 heteroatoms. The van der Waals surface area contributed by atoms with Crippen LogP contribution in [0.3, 0.4) is 0 Å². The number of H-pyrrole nitrogens is 2. The highest BCUT2D eigenvalue weighted by Gasteiger charge is 2.21. The number of sulfone groups is 1. The summed E-state index contributed by atoms with van der Waals surface area (Å²) in [6, 6.07) is 15.2. The van der Waals surface area contributed by atoms with Crippen LogP contribution >= 0.6 is 0 Å². The smallest absolute Gasteiger partial charge is 0.251 e. The standard InChI is InChI=1S/C29H24FN5O3S/c30-25-9-4-20(5-10-25)3-6-23-16-24(29(36)32-14-1-2-21-17-33-34-18-21)8-12-27(23)39(37,38)19-26-11-7-22-13-15-31-28(22)35-26/h4-5,7-13,15-18H,1-2,14,19H2,(H,31,35)(H,32,36)(H,33,34). The van der Waals surface area contributed by atoms with Crippen LogP contribution in [0.2, 0.25) is 0 Å². The number of carbonyl (C=O) groups is 1. The van der Waals surface area contributed by atoms with Crippen LogP contribution in [-0.4, -0.2) is 41.0 Å². The van der Waals surface area contributed by atoms with Gasteiger partial charge in [0.05, 0.1) is 22.5 Å². The topological polar surface area (TPSA) is 121 Å². The van der Waals surface area contributed by atoms with Crippen LogP contribution in [0.1, 0.15) is 39.2 Å². The monoisotopic (exact) mass is 541 g/mol. The largest absolute Gasteiger partial charge is 0.352 e. The molecule has 0 spiro atoms. The maximum atomic E-state index is 13.5. The van der Waals surface area contributed by atoms with Gasteiger partial charge in [0.2, 0.25) is 0 Å². The van der Waals surface area contributed by atoms with Crippen molar-refractivity contribution in [3.8, 4) is 11.8 Å². The maximum Gasteiger partial charge on any atom is 0.251 e. The first-order chi connectivity index (χ1) is 18.9. The molecule has 0 saturated carbocycles. The first-order valence-corrected chi connectivity index (χ1v) is 13.9. The van der Waals surface area contributed by atoms with Crippen molar-refractivity contribution in [2.24, 2.45) is 0 Å². The fraction of sp³-hybridized carbons (Fsp3) is 0.138. The van der Waals surface area contributed by atoms with Gasteiger partial charge in [0.25, 0.3) is 5.91 Å². The van der Waals surface area contributed by atoms with Crippen LogP contribution in [0.5, 0.6) is 0 Å². The molecule has 0 atom stereocenters. The minimum Gasteiger partial charge on any atom is -0.352 e. The summed E-state index contributed by atoms with van der Waals surface area (Å²) in [5.41, 5.74) is 2.98. The molecule has 3 heterocycles. The van der Waals surface area contributed by atoms with Crippen molar-refractivity contribution in [2.75, 3.05) is 6.54 Å². The summed E-state index contributed by atoms with van der Waals surface area (Å²) in [6.07, 6.45) is 6.75. The second-order valence-electron chi connectivity index (χ2n) is 8.91. The number of aromatic amines is 2. The number of amides is 1. The summed E-state index contributed by atoms with van der Waals surface area (Å²) in [5.74, 6) is 4.68. The maximum absolute atomic E-state index is 13.5. The first-order valence-electron chi connectivity index (χ1n) is 12.2. The molecule has 0 aliphatic heterocycles. The number of nitrogens with zero attached hydrogens (tertiary/aromatic N) is 2. The van der Waals surface area contributed by atoms with Crippen molar-refractivity contribution in [1.29, 1.82) is 0 Å². The summed E-state index contributed by atoms with van der Waals surface area (Å²) in [5, 5.41) is 10.4. The Balaban J connectivity index is 1.41. The first kappa shape index (κ1) is 25.9. The Morgan fingerprint density at radius 3 is 2.67 bits per heavy atom. The van der Waals surface area contributed by atoms with Crippen LogP contribution < -0.4 is 5.32 Å². The van der Waals surface area contributed by atoms with E-state index in [-0.39, 0.29) is 27.7 Å². The summed E-state index contributed by atoms with van der Waals surface area (Å²) in [7, 11) is -3.87. The molecule has 8 nitrogen and oxygen atoms in total. The number of aryl methyl sites for hydroxylation is 1. The van der Waals surface area contributed by atoms with Gasteiger partial charge in [0.15, 0.2) is 9.84 Å². The zero-order valence-electron chi connectivity index (χ0n) is 20.7. The highest BCUT2D eigenvalue weighted by Crippen LogP contribution is 2.22. The van der Waals surface area contributed by atoms with E-state index >= 15 is 0 Å². The number of halogens is 1. The lowest BCUT2D eigenvalue weighted by Crippen LogP contribution is -2.25. The van der Waals surface area contributed by atoms with Crippen LogP contribution in [-0.2, 0) is 22.0 Å². The molecule has 3 N–H and O–H groups in total. The van der Waals surface area contributed by atoms with Gasteiger partial charge in [-0.1, -0.05) is 11.8 Å². The van der Waals surface area contributed by atoms with Gasteiger partial charge in [-0.2, -0.15) is 5.10 Å². The molecule has 3 aromatic heterocycles. The van der Waals surface area contributed by atoms with Crippen molar-refractivity contribution in [3.05, 3.63) is 113 Å². The highest BCUT2D eigenvalue weighted by molar-refractivity contribution is 7.90. The van der Waals surface area contributed by atoms with E-state index in [4.69, 9.17) is 0 Å². The minimum atomic E-state index is -3.87. The minimum absolute atomic E-state index is 0.0120. The second kappa shape index (κ2) is 11.3. The Hall–Kier alpha value is -4.75. The van der Waals surface area contributed by atoms with E-state index in [1.807, 2.05) is 6.07 Å². The Labute approximate surface area is 224 Å². The molecule has 1 amide bonds. The van der Waals surface area contributed by atoms with E-state index in [9.17, 15) is 17.6 Å². The van der Waals surface area contributed by atoms with Gasteiger partial charge in [-0.05, 0) is 79.1 Å². The number of carbonyl (C=O) groups excluding carboxylic acids is 1. The lowest BCUT2D eigenvalue weighted by Gasteiger charge is -2.10. The van der Waals surface area contributed by atoms with E-state index in [0.29, 0.717) is 29.9 Å². The Bertz CT molecular complexity index is 1780. The number of hydrogen-bond acceptors (Lipinski definition) is 5. The van der Waals surface area contributed by atoms with Crippen molar-refractivity contribution in [3.63, 3.8) is 0 Å². The Kier molecular flexibility index (Phi) is 7.52. The third-order valence-electron chi connectivity index (χ3n) is 6.05. The third kappa shape index (κ3) is 6.40. The number of aromatic nitrogens is 4. The van der Waals surface area contributed by atoms with Crippen molar-refractivity contribution >= 4 is 26.8 Å². The van der Waals surface area contributed by atoms with E-state index in [2.05, 4.69) is 37.3 Å². The van der Waals surface area contributed by atoms with Crippen molar-refractivity contribution < 1.29 is 17.6 Å². The second-order valence-corrected chi connectivity index (χ2v) is 10.9. The zero-order valence-corrected chi connectivity index (χ0v) is 21.6. The summed E-state index contributed by atoms with van der Waals surface area (Å²) in [4.78, 5) is 20.2. The summed E-state index contributed by atoms with van der Waals surface area (Å²) in [6.45, 7) is 0.438. The van der Waals surface area contributed by atoms with E-state index in [0.717, 1.165) is 17.4 Å². The average molecular weight is 542 g/mol. The van der Waals surface area contributed by atoms with Gasteiger partial charge in [0, 0.05) is 41.0 Å². The SMILES string of the molecule is O=C(NCCCc1cn[nH]c1)c1ccc(S(=O)(=O)Cc2ccc3cc[nH]c3n2)c(C#Cc2ccc(F)cc2)c1. The number of fused-ring (bicyclic) bond motifs is 1. The van der Waals surface area contributed by atoms with Crippen LogP contribution in [0, 0.1) is 17.7 Å². The van der Waals surface area contributed by atoms with Gasteiger partial charge < -0.3 is 10.3 Å². The molecule has 0 unspecified atom stereocenters. The predicted octanol–water partition coefficient (Wildman–Crippen LogP) is 4.16. The lowest BCUT2D eigenvalue weighted by molar-refractivity contribution is 0.0953. The summed E-state index contributed by atoms with van der Waals surface area (Å²) < 4.78 is 40.3. The van der Waals surface area contributed by atoms with Crippen LogP contribution in [0.25, 0.3) is 11.0 Å². The molecular weight excluding hydrogens is 517 g/mol. The van der Waals surface area contributed by atoms with Crippen molar-refractivity contribution in [2.45, 2.75) is 23.5 Å². The molecule has 5 rings (SSSR count). The molecule has 0 aliphatic carbocycles. The molecule has 2 aromatic carbocycles. The molecule has 0 saturated heterocycles. The third-order valence-corrected chi connectivity index (χ3v) is 7.75. The van der Waals surface area contributed by atoms with Crippen LogP contribution in [0.15, 0.2) is 84.1 Å². The van der Waals surface area contributed by atoms with Crippen molar-refractivity contribution in [1.82, 2.24) is 25.5 Å². The molecule has 0 radical (unpaired) electrons. The average Bonchev–Trinajstić information content (AvgIpc) is 3.62. The Morgan fingerprint density at radius 2 is 1.87 bits per heavy atom. The van der Waals surface area contributed by atoms with E-state index in [1.54, 1.807) is 30.7 Å². The predicted molar refractivity (Wildman–Crippen MR) is 145 cm³/mol. The Morgan fingerprint density at radius 1 is 1.03 bits per heavy atom. The quantitative estimate of drug-likeness (QED) is 0.201. The summed E-state index contributed by atoms with van der Waals surface area (Å²) >= 11 is 0. The fourth-order valence-corrected chi connectivity index (χ4v) is 5.47. The van der Waals surface area contributed by atoms with Gasteiger partial charge in [-0.15, -0.1) is 0 Å². The molecule has 0 fully saturated rings. The number of nitrogens with one attached hydrogen (secondary N) is 3. The zero-order chi connectivity index (χ0) is 27.2.